The molecule has 39 heavy (non-hydrogen) atoms. The summed E-state index contributed by atoms with van der Waals surface area (Å²) in [5, 5.41) is 53.2. The van der Waals surface area contributed by atoms with Gasteiger partial charge in [0, 0.05) is 29.9 Å². The predicted molar refractivity (Wildman–Crippen MR) is 142 cm³/mol. The number of ether oxygens (including phenoxy) is 5. The van der Waals surface area contributed by atoms with E-state index in [0.29, 0.717) is 17.9 Å². The van der Waals surface area contributed by atoms with Crippen LogP contribution >= 0.6 is 11.8 Å². The predicted octanol–water partition coefficient (Wildman–Crippen LogP) is 0.227. The molecule has 0 aromatic carbocycles. The number of carboxylic acid groups (broad SMARTS) is 1. The van der Waals surface area contributed by atoms with Gasteiger partial charge in [0.25, 0.3) is 0 Å². The van der Waals surface area contributed by atoms with Crippen LogP contribution < -0.4 is 5.32 Å². The van der Waals surface area contributed by atoms with Crippen molar-refractivity contribution in [2.24, 2.45) is 0 Å². The van der Waals surface area contributed by atoms with E-state index in [1.807, 2.05) is 20.8 Å². The molecule has 0 amide bonds. The average Bonchev–Trinajstić information content (AvgIpc) is 2.90. The number of hydrogen-bond donors (Lipinski definition) is 6. The van der Waals surface area contributed by atoms with Gasteiger partial charge in [0.05, 0.1) is 50.3 Å². The molecule has 0 aromatic heterocycles. The Morgan fingerprint density at radius 1 is 1.08 bits per heavy atom. The van der Waals surface area contributed by atoms with Crippen molar-refractivity contribution in [2.45, 2.75) is 126 Å². The monoisotopic (exact) mass is 581 g/mol. The van der Waals surface area contributed by atoms with Crippen LogP contribution in [0, 0.1) is 0 Å². The van der Waals surface area contributed by atoms with Crippen LogP contribution in [0.5, 0.6) is 0 Å². The van der Waals surface area contributed by atoms with Crippen molar-refractivity contribution in [1.82, 2.24) is 5.32 Å². The highest BCUT2D eigenvalue weighted by Crippen LogP contribution is 2.31. The topological polar surface area (TPSA) is 176 Å². The smallest absolute Gasteiger partial charge is 0.321 e. The summed E-state index contributed by atoms with van der Waals surface area (Å²) in [6.07, 6.45) is -2.74. The Morgan fingerprint density at radius 2 is 1.82 bits per heavy atom. The van der Waals surface area contributed by atoms with Gasteiger partial charge in [0.2, 0.25) is 0 Å². The van der Waals surface area contributed by atoms with Crippen LogP contribution in [-0.4, -0.2) is 130 Å². The second-order valence-electron chi connectivity index (χ2n) is 11.3. The Balaban J connectivity index is 1.55. The van der Waals surface area contributed by atoms with Crippen molar-refractivity contribution in [3.8, 4) is 0 Å². The Hall–Kier alpha value is -0.580. The lowest BCUT2D eigenvalue weighted by atomic mass is 10.0. The van der Waals surface area contributed by atoms with E-state index in [4.69, 9.17) is 23.7 Å². The summed E-state index contributed by atoms with van der Waals surface area (Å²) in [5.74, 6) is -0.172. The molecule has 0 aliphatic carbocycles. The maximum atomic E-state index is 11.8. The Bertz CT molecular complexity index is 747. The summed E-state index contributed by atoms with van der Waals surface area (Å²) >= 11 is 1.42. The quantitative estimate of drug-likeness (QED) is 0.164. The second-order valence-corrected chi connectivity index (χ2v) is 12.3. The zero-order valence-electron chi connectivity index (χ0n) is 23.1. The molecule has 3 aliphatic heterocycles. The third-order valence-electron chi connectivity index (χ3n) is 7.58. The van der Waals surface area contributed by atoms with E-state index in [9.17, 15) is 30.3 Å². The number of aliphatic hydroxyl groups excluding tert-OH is 4. The van der Waals surface area contributed by atoms with Gasteiger partial charge in [-0.2, -0.15) is 11.8 Å². The molecule has 12 nitrogen and oxygen atoms in total. The number of rotatable bonds is 14. The van der Waals surface area contributed by atoms with Gasteiger partial charge in [0.1, 0.15) is 18.2 Å². The highest BCUT2D eigenvalue weighted by Gasteiger charge is 2.43. The summed E-state index contributed by atoms with van der Waals surface area (Å²) in [4.78, 5) is 11.8. The van der Waals surface area contributed by atoms with Crippen LogP contribution in [0.1, 0.15) is 59.3 Å². The minimum atomic E-state index is -1.07. The number of nitrogens with one attached hydrogen (secondary N) is 1. The number of carbonyl (C=O) groups is 1. The SMILES string of the molecule is CCC(C)(C)N[C@H](CSCC1OCC(O)C[C@@H]1O[C@@H]1OC(CO)[C@@H](O[C@H]2CCCC(CO)O2)CC1O)C(=O)O. The van der Waals surface area contributed by atoms with Crippen molar-refractivity contribution in [3.05, 3.63) is 0 Å². The van der Waals surface area contributed by atoms with E-state index < -0.39 is 61.2 Å². The first-order valence-electron chi connectivity index (χ1n) is 13.9. The molecule has 10 atom stereocenters. The Kier molecular flexibility index (Phi) is 13.2. The van der Waals surface area contributed by atoms with Crippen molar-refractivity contribution in [2.75, 3.05) is 31.3 Å². The van der Waals surface area contributed by atoms with Crippen LogP contribution in [0.3, 0.4) is 0 Å². The summed E-state index contributed by atoms with van der Waals surface area (Å²) < 4.78 is 29.6. The number of thioether (sulfide) groups is 1. The molecule has 3 fully saturated rings. The van der Waals surface area contributed by atoms with Gasteiger partial charge in [-0.25, -0.2) is 0 Å². The molecule has 0 saturated carbocycles. The number of hydrogen-bond acceptors (Lipinski definition) is 12. The van der Waals surface area contributed by atoms with Crippen molar-refractivity contribution in [3.63, 3.8) is 0 Å². The fraction of sp³-hybridized carbons (Fsp3) is 0.962. The minimum Gasteiger partial charge on any atom is -0.480 e. The number of aliphatic hydroxyl groups is 4. The molecule has 0 radical (unpaired) electrons. The first kappa shape index (κ1) is 32.9. The largest absolute Gasteiger partial charge is 0.480 e. The molecule has 0 aromatic rings. The first-order chi connectivity index (χ1) is 18.5. The third kappa shape index (κ3) is 10.0. The van der Waals surface area contributed by atoms with Gasteiger partial charge in [-0.05, 0) is 39.5 Å². The lowest BCUT2D eigenvalue weighted by Gasteiger charge is -2.43. The number of carboxylic acids is 1. The number of aliphatic carboxylic acids is 1. The molecule has 6 N–H and O–H groups in total. The van der Waals surface area contributed by atoms with Crippen LogP contribution in [0.4, 0.5) is 0 Å². The third-order valence-corrected chi connectivity index (χ3v) is 8.71. The van der Waals surface area contributed by atoms with Gasteiger partial charge in [-0.1, -0.05) is 6.92 Å². The Labute approximate surface area is 234 Å². The molecule has 3 saturated heterocycles. The molecule has 3 aliphatic rings. The van der Waals surface area contributed by atoms with E-state index in [0.717, 1.165) is 19.3 Å². The standard InChI is InChI=1S/C26H47NO11S/c1-4-26(2,3)27-17(24(32)33)13-39-14-22-19(8-15(30)12-34-22)37-25-18(31)9-20(21(11-29)38-25)36-23-7-5-6-16(10-28)35-23/h15-23,25,27-31H,4-14H2,1-3H3,(H,32,33)/t15?,16?,17-,18?,19+,20+,21?,22?,23+,25-/m1/s1. The van der Waals surface area contributed by atoms with Crippen LogP contribution in [0.25, 0.3) is 0 Å². The lowest BCUT2D eigenvalue weighted by Crippen LogP contribution is -2.55. The molecule has 13 heteroatoms. The summed E-state index contributed by atoms with van der Waals surface area (Å²) in [6.45, 7) is 5.60. The van der Waals surface area contributed by atoms with E-state index in [1.54, 1.807) is 0 Å². The molecular formula is C26H47NO11S. The first-order valence-corrected chi connectivity index (χ1v) is 15.1. The molecule has 5 unspecified atom stereocenters. The summed E-state index contributed by atoms with van der Waals surface area (Å²) in [5.41, 5.74) is -0.316. The maximum absolute atomic E-state index is 11.8. The van der Waals surface area contributed by atoms with Gasteiger partial charge in [0.15, 0.2) is 12.6 Å². The normalized spacial score (nSPS) is 36.9. The van der Waals surface area contributed by atoms with Crippen molar-refractivity contribution in [1.29, 1.82) is 0 Å². The highest BCUT2D eigenvalue weighted by atomic mass is 32.2. The zero-order chi connectivity index (χ0) is 28.6. The molecule has 0 spiro atoms. The average molecular weight is 582 g/mol. The summed E-state index contributed by atoms with van der Waals surface area (Å²) in [6, 6.07) is -0.731. The van der Waals surface area contributed by atoms with E-state index in [-0.39, 0.29) is 44.3 Å². The van der Waals surface area contributed by atoms with E-state index >= 15 is 0 Å². The minimum absolute atomic E-state index is 0.0953. The maximum Gasteiger partial charge on any atom is 0.321 e. The van der Waals surface area contributed by atoms with E-state index in [1.165, 1.54) is 11.8 Å². The van der Waals surface area contributed by atoms with Crippen LogP contribution in [-0.2, 0) is 28.5 Å². The summed E-state index contributed by atoms with van der Waals surface area (Å²) in [7, 11) is 0. The second kappa shape index (κ2) is 15.6. The fourth-order valence-electron chi connectivity index (χ4n) is 4.92. The van der Waals surface area contributed by atoms with Crippen LogP contribution in [0.15, 0.2) is 0 Å². The van der Waals surface area contributed by atoms with Gasteiger partial charge < -0.3 is 49.2 Å². The lowest BCUT2D eigenvalue weighted by molar-refractivity contribution is -0.323. The van der Waals surface area contributed by atoms with E-state index in [2.05, 4.69) is 5.32 Å². The molecule has 3 rings (SSSR count). The molecule has 3 heterocycles. The molecule has 0 bridgehead atoms. The fourth-order valence-corrected chi connectivity index (χ4v) is 6.06. The van der Waals surface area contributed by atoms with Gasteiger partial charge in [-0.3, -0.25) is 10.1 Å². The van der Waals surface area contributed by atoms with Crippen molar-refractivity contribution < 1.29 is 54.0 Å². The Morgan fingerprint density at radius 3 is 2.49 bits per heavy atom. The van der Waals surface area contributed by atoms with Crippen molar-refractivity contribution >= 4 is 17.7 Å². The molecule has 228 valence electrons. The van der Waals surface area contributed by atoms with Gasteiger partial charge in [-0.15, -0.1) is 0 Å². The zero-order valence-corrected chi connectivity index (χ0v) is 24.0. The van der Waals surface area contributed by atoms with Gasteiger partial charge >= 0.3 is 5.97 Å². The highest BCUT2D eigenvalue weighted by molar-refractivity contribution is 7.99. The molecular weight excluding hydrogens is 534 g/mol. The van der Waals surface area contributed by atoms with Crippen LogP contribution in [0.2, 0.25) is 0 Å².